The zero-order chi connectivity index (χ0) is 13.5. The molecule has 0 aromatic heterocycles. The van der Waals surface area contributed by atoms with Crippen molar-refractivity contribution in [2.24, 2.45) is 5.92 Å². The highest BCUT2D eigenvalue weighted by atomic mass is 16.5. The Morgan fingerprint density at radius 1 is 1.42 bits per heavy atom. The van der Waals surface area contributed by atoms with E-state index in [-0.39, 0.29) is 0 Å². The molecule has 0 radical (unpaired) electrons. The van der Waals surface area contributed by atoms with Crippen molar-refractivity contribution < 1.29 is 9.47 Å². The van der Waals surface area contributed by atoms with Crippen LogP contribution in [0, 0.1) is 5.92 Å². The van der Waals surface area contributed by atoms with E-state index >= 15 is 0 Å². The summed E-state index contributed by atoms with van der Waals surface area (Å²) in [6, 6.07) is 6.09. The van der Waals surface area contributed by atoms with Gasteiger partial charge in [0.15, 0.2) is 11.5 Å². The second-order valence-corrected chi connectivity index (χ2v) is 5.00. The van der Waals surface area contributed by atoms with Crippen molar-refractivity contribution in [1.29, 1.82) is 0 Å². The van der Waals surface area contributed by atoms with Gasteiger partial charge in [0, 0.05) is 12.5 Å². The number of allylic oxidation sites excluding steroid dienone is 1. The Kier molecular flexibility index (Phi) is 5.28. The lowest BCUT2D eigenvalue weighted by molar-refractivity contribution is 0.211. The molecule has 3 heteroatoms. The van der Waals surface area contributed by atoms with Crippen molar-refractivity contribution >= 4 is 0 Å². The molecule has 1 fully saturated rings. The molecule has 0 amide bonds. The maximum Gasteiger partial charge on any atom is 0.161 e. The van der Waals surface area contributed by atoms with Gasteiger partial charge in [0.2, 0.25) is 0 Å². The predicted molar refractivity (Wildman–Crippen MR) is 78.0 cm³/mol. The topological polar surface area (TPSA) is 30.5 Å². The molecule has 1 saturated heterocycles. The molecular weight excluding hydrogens is 238 g/mol. The van der Waals surface area contributed by atoms with Crippen molar-refractivity contribution in [2.45, 2.75) is 19.3 Å². The van der Waals surface area contributed by atoms with Crippen molar-refractivity contribution in [2.75, 3.05) is 26.8 Å². The Morgan fingerprint density at radius 3 is 3.00 bits per heavy atom. The van der Waals surface area contributed by atoms with Crippen LogP contribution in [0.25, 0.3) is 0 Å². The Labute approximate surface area is 115 Å². The van der Waals surface area contributed by atoms with Crippen LogP contribution in [0.4, 0.5) is 0 Å². The van der Waals surface area contributed by atoms with E-state index in [9.17, 15) is 0 Å². The Balaban J connectivity index is 1.96. The van der Waals surface area contributed by atoms with Gasteiger partial charge in [0.1, 0.15) is 0 Å². The Bertz CT molecular complexity index is 411. The molecule has 0 spiro atoms. The number of ether oxygens (including phenoxy) is 2. The molecule has 2 rings (SSSR count). The van der Waals surface area contributed by atoms with E-state index in [4.69, 9.17) is 9.47 Å². The van der Waals surface area contributed by atoms with Gasteiger partial charge < -0.3 is 14.8 Å². The van der Waals surface area contributed by atoms with Crippen LogP contribution in [0.15, 0.2) is 30.9 Å². The molecule has 1 aliphatic heterocycles. The van der Waals surface area contributed by atoms with Gasteiger partial charge in [-0.2, -0.15) is 0 Å². The molecule has 1 aromatic rings. The average Bonchev–Trinajstić information content (AvgIpc) is 2.47. The number of hydrogen-bond acceptors (Lipinski definition) is 3. The molecule has 0 aliphatic carbocycles. The normalized spacial score (nSPS) is 18.9. The molecule has 1 aliphatic rings. The van der Waals surface area contributed by atoms with Crippen molar-refractivity contribution in [1.82, 2.24) is 5.32 Å². The van der Waals surface area contributed by atoms with E-state index in [2.05, 4.69) is 18.0 Å². The molecule has 3 nitrogen and oxygen atoms in total. The molecular formula is C16H23NO2. The highest BCUT2D eigenvalue weighted by Crippen LogP contribution is 2.29. The van der Waals surface area contributed by atoms with Gasteiger partial charge in [-0.3, -0.25) is 0 Å². The van der Waals surface area contributed by atoms with Crippen LogP contribution in [-0.2, 0) is 6.42 Å². The van der Waals surface area contributed by atoms with Crippen LogP contribution in [-0.4, -0.2) is 26.8 Å². The highest BCUT2D eigenvalue weighted by Gasteiger charge is 2.14. The number of methoxy groups -OCH3 is 1. The van der Waals surface area contributed by atoms with E-state index in [1.165, 1.54) is 18.4 Å². The van der Waals surface area contributed by atoms with Crippen LogP contribution in [0.3, 0.4) is 0 Å². The smallest absolute Gasteiger partial charge is 0.161 e. The van der Waals surface area contributed by atoms with Crippen LogP contribution in [0.1, 0.15) is 18.4 Å². The van der Waals surface area contributed by atoms with E-state index in [0.29, 0.717) is 5.92 Å². The fourth-order valence-corrected chi connectivity index (χ4v) is 2.40. The first-order valence-corrected chi connectivity index (χ1v) is 6.95. The minimum absolute atomic E-state index is 0.603. The van der Waals surface area contributed by atoms with E-state index in [0.717, 1.165) is 37.6 Å². The van der Waals surface area contributed by atoms with Crippen molar-refractivity contribution in [3.63, 3.8) is 0 Å². The fraction of sp³-hybridized carbons (Fsp3) is 0.500. The lowest BCUT2D eigenvalue weighted by atomic mass is 10.0. The third kappa shape index (κ3) is 4.00. The van der Waals surface area contributed by atoms with E-state index in [1.807, 2.05) is 18.2 Å². The standard InChI is InChI=1S/C16H23NO2/c1-3-5-13-7-8-15(16(10-13)18-2)19-12-14-6-4-9-17-11-14/h3,7-8,10,14,17H,1,4-6,9,11-12H2,2H3/t14-/m1/s1. The third-order valence-electron chi connectivity index (χ3n) is 3.48. The summed E-state index contributed by atoms with van der Waals surface area (Å²) in [5.41, 5.74) is 1.19. The quantitative estimate of drug-likeness (QED) is 0.799. The number of rotatable bonds is 6. The van der Waals surface area contributed by atoms with E-state index in [1.54, 1.807) is 7.11 Å². The maximum atomic E-state index is 5.91. The van der Waals surface area contributed by atoms with Gasteiger partial charge in [0.25, 0.3) is 0 Å². The van der Waals surface area contributed by atoms with Crippen molar-refractivity contribution in [3.8, 4) is 11.5 Å². The first-order chi connectivity index (χ1) is 9.33. The Morgan fingerprint density at radius 2 is 2.32 bits per heavy atom. The molecule has 104 valence electrons. The largest absolute Gasteiger partial charge is 0.493 e. The molecule has 1 N–H and O–H groups in total. The molecule has 1 heterocycles. The summed E-state index contributed by atoms with van der Waals surface area (Å²) in [5, 5.41) is 3.40. The zero-order valence-corrected chi connectivity index (χ0v) is 11.7. The van der Waals surface area contributed by atoms with E-state index < -0.39 is 0 Å². The summed E-state index contributed by atoms with van der Waals surface area (Å²) in [6.45, 7) is 6.69. The van der Waals surface area contributed by atoms with Gasteiger partial charge in [-0.05, 0) is 43.5 Å². The summed E-state index contributed by atoms with van der Waals surface area (Å²) < 4.78 is 11.3. The Hall–Kier alpha value is -1.48. The third-order valence-corrected chi connectivity index (χ3v) is 3.48. The first kappa shape index (κ1) is 13.9. The second-order valence-electron chi connectivity index (χ2n) is 5.00. The summed E-state index contributed by atoms with van der Waals surface area (Å²) in [4.78, 5) is 0. The predicted octanol–water partition coefficient (Wildman–Crippen LogP) is 2.80. The number of hydrogen-bond donors (Lipinski definition) is 1. The first-order valence-electron chi connectivity index (χ1n) is 6.95. The summed E-state index contributed by atoms with van der Waals surface area (Å²) in [6.07, 6.45) is 5.22. The minimum Gasteiger partial charge on any atom is -0.493 e. The van der Waals surface area contributed by atoms with Crippen LogP contribution >= 0.6 is 0 Å². The van der Waals surface area contributed by atoms with Crippen molar-refractivity contribution in [3.05, 3.63) is 36.4 Å². The monoisotopic (exact) mass is 261 g/mol. The number of benzene rings is 1. The molecule has 19 heavy (non-hydrogen) atoms. The zero-order valence-electron chi connectivity index (χ0n) is 11.7. The molecule has 0 saturated carbocycles. The van der Waals surface area contributed by atoms with Gasteiger partial charge in [-0.1, -0.05) is 12.1 Å². The summed E-state index contributed by atoms with van der Waals surface area (Å²) in [5.74, 6) is 2.25. The molecule has 1 aromatic carbocycles. The number of nitrogens with one attached hydrogen (secondary N) is 1. The summed E-state index contributed by atoms with van der Waals surface area (Å²) >= 11 is 0. The molecule has 0 unspecified atom stereocenters. The lowest BCUT2D eigenvalue weighted by Crippen LogP contribution is -2.33. The van der Waals surface area contributed by atoms with Crippen LogP contribution in [0.5, 0.6) is 11.5 Å². The average molecular weight is 261 g/mol. The number of piperidine rings is 1. The molecule has 1 atom stereocenters. The van der Waals surface area contributed by atoms with Gasteiger partial charge in [-0.15, -0.1) is 6.58 Å². The molecule has 0 bridgehead atoms. The van der Waals surface area contributed by atoms with Gasteiger partial charge in [-0.25, -0.2) is 0 Å². The second kappa shape index (κ2) is 7.19. The lowest BCUT2D eigenvalue weighted by Gasteiger charge is -2.23. The fourth-order valence-electron chi connectivity index (χ4n) is 2.40. The highest BCUT2D eigenvalue weighted by molar-refractivity contribution is 5.43. The van der Waals surface area contributed by atoms with Gasteiger partial charge >= 0.3 is 0 Å². The van der Waals surface area contributed by atoms with Gasteiger partial charge in [0.05, 0.1) is 13.7 Å². The van der Waals surface area contributed by atoms with Crippen LogP contribution < -0.4 is 14.8 Å². The van der Waals surface area contributed by atoms with Crippen LogP contribution in [0.2, 0.25) is 0 Å². The summed E-state index contributed by atoms with van der Waals surface area (Å²) in [7, 11) is 1.68. The maximum absolute atomic E-state index is 5.91. The minimum atomic E-state index is 0.603. The SMILES string of the molecule is C=CCc1ccc(OC[C@@H]2CCCNC2)c(OC)c1.